The van der Waals surface area contributed by atoms with Crippen LogP contribution in [0.1, 0.15) is 63.4 Å². The van der Waals surface area contributed by atoms with Crippen LogP contribution >= 0.6 is 0 Å². The maximum Gasteiger partial charge on any atom is 0.0396 e. The second-order valence-electron chi connectivity index (χ2n) is 7.29. The molecular weight excluding hydrogens is 254 g/mol. The van der Waals surface area contributed by atoms with Crippen molar-refractivity contribution in [1.29, 1.82) is 0 Å². The molecule has 0 aromatic heterocycles. The van der Waals surface area contributed by atoms with Gasteiger partial charge in [0.1, 0.15) is 0 Å². The molecule has 21 heavy (non-hydrogen) atoms. The van der Waals surface area contributed by atoms with Gasteiger partial charge in [-0.05, 0) is 42.7 Å². The van der Waals surface area contributed by atoms with E-state index in [1.807, 2.05) is 0 Å². The smallest absolute Gasteiger partial charge is 0.0396 e. The van der Waals surface area contributed by atoms with Gasteiger partial charge in [-0.1, -0.05) is 63.1 Å². The molecule has 0 amide bonds. The van der Waals surface area contributed by atoms with E-state index < -0.39 is 0 Å². The second kappa shape index (κ2) is 7.33. The van der Waals surface area contributed by atoms with E-state index in [0.717, 1.165) is 11.8 Å². The number of benzene rings is 1. The van der Waals surface area contributed by atoms with Crippen molar-refractivity contribution in [2.45, 2.75) is 64.2 Å². The molecule has 1 saturated carbocycles. The van der Waals surface area contributed by atoms with Crippen molar-refractivity contribution in [3.63, 3.8) is 0 Å². The summed E-state index contributed by atoms with van der Waals surface area (Å²) in [5.41, 5.74) is 3.07. The Bertz CT molecular complexity index is 439. The van der Waals surface area contributed by atoms with Crippen LogP contribution in [0.25, 0.3) is 0 Å². The fraction of sp³-hybridized carbons (Fsp3) is 0.700. The highest BCUT2D eigenvalue weighted by Crippen LogP contribution is 2.36. The van der Waals surface area contributed by atoms with Gasteiger partial charge in [-0.3, -0.25) is 0 Å². The fourth-order valence-electron chi connectivity index (χ4n) is 4.47. The fourth-order valence-corrected chi connectivity index (χ4v) is 4.47. The maximum absolute atomic E-state index is 2.53. The molecule has 1 aromatic carbocycles. The van der Waals surface area contributed by atoms with E-state index in [1.165, 1.54) is 76.4 Å². The van der Waals surface area contributed by atoms with Crippen LogP contribution in [0.4, 0.5) is 5.69 Å². The largest absolute Gasteiger partial charge is 0.374 e. The Morgan fingerprint density at radius 1 is 0.810 bits per heavy atom. The highest BCUT2D eigenvalue weighted by atomic mass is 15.1. The summed E-state index contributed by atoms with van der Waals surface area (Å²) in [4.78, 5) is 2.53. The van der Waals surface area contributed by atoms with Crippen LogP contribution in [0.15, 0.2) is 24.3 Å². The molecule has 0 spiro atoms. The van der Waals surface area contributed by atoms with Gasteiger partial charge in [-0.25, -0.2) is 0 Å². The molecule has 1 nitrogen and oxygen atoms in total. The normalized spacial score (nSPS) is 28.0. The Hall–Kier alpha value is -0.980. The quantitative estimate of drug-likeness (QED) is 0.614. The van der Waals surface area contributed by atoms with Crippen molar-refractivity contribution in [3.8, 4) is 0 Å². The Labute approximate surface area is 130 Å². The van der Waals surface area contributed by atoms with E-state index in [1.54, 1.807) is 5.56 Å². The first-order valence-electron chi connectivity index (χ1n) is 9.13. The molecular formula is C20H31N. The lowest BCUT2D eigenvalue weighted by Gasteiger charge is -2.28. The molecule has 2 atom stereocenters. The zero-order valence-electron chi connectivity index (χ0n) is 13.7. The van der Waals surface area contributed by atoms with Crippen LogP contribution in [0.3, 0.4) is 0 Å². The van der Waals surface area contributed by atoms with Crippen molar-refractivity contribution in [2.75, 3.05) is 18.5 Å². The molecule has 1 aliphatic carbocycles. The molecule has 0 radical (unpaired) electrons. The molecule has 3 rings (SSSR count). The zero-order valence-corrected chi connectivity index (χ0v) is 13.7. The van der Waals surface area contributed by atoms with Gasteiger partial charge < -0.3 is 4.90 Å². The SMILES string of the molecule is CN1CC2CCCCCCCCCC2Cc2ccccc21. The van der Waals surface area contributed by atoms with Crippen LogP contribution in [0, 0.1) is 11.8 Å². The summed E-state index contributed by atoms with van der Waals surface area (Å²) in [5, 5.41) is 0. The molecule has 0 N–H and O–H groups in total. The van der Waals surface area contributed by atoms with E-state index in [9.17, 15) is 0 Å². The molecule has 1 fully saturated rings. The maximum atomic E-state index is 2.53. The first kappa shape index (κ1) is 14.9. The Kier molecular flexibility index (Phi) is 5.22. The summed E-state index contributed by atoms with van der Waals surface area (Å²) in [5.74, 6) is 1.81. The molecule has 1 aliphatic heterocycles. The minimum absolute atomic E-state index is 0.903. The molecule has 2 unspecified atom stereocenters. The van der Waals surface area contributed by atoms with Gasteiger partial charge in [-0.2, -0.15) is 0 Å². The number of nitrogens with zero attached hydrogens (tertiary/aromatic N) is 1. The van der Waals surface area contributed by atoms with Crippen molar-refractivity contribution >= 4 is 5.69 Å². The predicted molar refractivity (Wildman–Crippen MR) is 91.9 cm³/mol. The number of hydrogen-bond donors (Lipinski definition) is 0. The molecule has 0 saturated heterocycles. The van der Waals surface area contributed by atoms with Crippen LogP contribution in [0.2, 0.25) is 0 Å². The third-order valence-corrected chi connectivity index (χ3v) is 5.71. The molecule has 0 bridgehead atoms. The van der Waals surface area contributed by atoms with Gasteiger partial charge >= 0.3 is 0 Å². The van der Waals surface area contributed by atoms with Gasteiger partial charge in [0.15, 0.2) is 0 Å². The summed E-state index contributed by atoms with van der Waals surface area (Å²) >= 11 is 0. The molecule has 116 valence electrons. The highest BCUT2D eigenvalue weighted by Gasteiger charge is 2.27. The lowest BCUT2D eigenvalue weighted by molar-refractivity contribution is 0.291. The van der Waals surface area contributed by atoms with Crippen LogP contribution < -0.4 is 4.90 Å². The van der Waals surface area contributed by atoms with Crippen molar-refractivity contribution in [3.05, 3.63) is 29.8 Å². The average Bonchev–Trinajstić information content (AvgIpc) is 2.65. The Morgan fingerprint density at radius 3 is 2.19 bits per heavy atom. The third-order valence-electron chi connectivity index (χ3n) is 5.71. The number of para-hydroxylation sites is 1. The Morgan fingerprint density at radius 2 is 1.43 bits per heavy atom. The van der Waals surface area contributed by atoms with Crippen LogP contribution in [-0.4, -0.2) is 13.6 Å². The number of hydrogen-bond acceptors (Lipinski definition) is 1. The zero-order chi connectivity index (χ0) is 14.5. The minimum atomic E-state index is 0.903. The summed E-state index contributed by atoms with van der Waals surface area (Å²) in [7, 11) is 2.30. The first-order valence-corrected chi connectivity index (χ1v) is 9.13. The van der Waals surface area contributed by atoms with Crippen LogP contribution in [0.5, 0.6) is 0 Å². The van der Waals surface area contributed by atoms with Gasteiger partial charge in [0.25, 0.3) is 0 Å². The van der Waals surface area contributed by atoms with Gasteiger partial charge in [0, 0.05) is 19.3 Å². The van der Waals surface area contributed by atoms with E-state index in [-0.39, 0.29) is 0 Å². The number of anilines is 1. The molecule has 1 aromatic rings. The molecule has 1 heteroatoms. The van der Waals surface area contributed by atoms with E-state index in [0.29, 0.717) is 0 Å². The summed E-state index contributed by atoms with van der Waals surface area (Å²) < 4.78 is 0. The van der Waals surface area contributed by atoms with Crippen molar-refractivity contribution in [2.24, 2.45) is 11.8 Å². The van der Waals surface area contributed by atoms with Crippen molar-refractivity contribution < 1.29 is 0 Å². The molecule has 2 aliphatic rings. The average molecular weight is 285 g/mol. The third kappa shape index (κ3) is 3.81. The number of fused-ring (bicyclic) bond motifs is 2. The van der Waals surface area contributed by atoms with Crippen molar-refractivity contribution in [1.82, 2.24) is 0 Å². The predicted octanol–water partition coefficient (Wildman–Crippen LogP) is 5.44. The number of rotatable bonds is 0. The van der Waals surface area contributed by atoms with E-state index >= 15 is 0 Å². The van der Waals surface area contributed by atoms with E-state index in [4.69, 9.17) is 0 Å². The first-order chi connectivity index (χ1) is 10.3. The highest BCUT2D eigenvalue weighted by molar-refractivity contribution is 5.54. The van der Waals surface area contributed by atoms with Crippen LogP contribution in [-0.2, 0) is 6.42 Å². The monoisotopic (exact) mass is 285 g/mol. The lowest BCUT2D eigenvalue weighted by Crippen LogP contribution is -2.28. The summed E-state index contributed by atoms with van der Waals surface area (Å²) in [6.07, 6.45) is 14.4. The molecule has 1 heterocycles. The minimum Gasteiger partial charge on any atom is -0.374 e. The second-order valence-corrected chi connectivity index (χ2v) is 7.29. The lowest BCUT2D eigenvalue weighted by atomic mass is 9.81. The van der Waals surface area contributed by atoms with Gasteiger partial charge in [0.05, 0.1) is 0 Å². The van der Waals surface area contributed by atoms with Gasteiger partial charge in [-0.15, -0.1) is 0 Å². The van der Waals surface area contributed by atoms with E-state index in [2.05, 4.69) is 36.2 Å². The standard InChI is InChI=1S/C20H31N/c1-21-16-19-13-8-6-4-2-3-5-7-11-17(19)15-18-12-9-10-14-20(18)21/h9-10,12,14,17,19H,2-8,11,13,15-16H2,1H3. The summed E-state index contributed by atoms with van der Waals surface area (Å²) in [6.45, 7) is 1.27. The topological polar surface area (TPSA) is 3.24 Å². The Balaban J connectivity index is 1.78. The van der Waals surface area contributed by atoms with Gasteiger partial charge in [0.2, 0.25) is 0 Å². The summed E-state index contributed by atoms with van der Waals surface area (Å²) in [6, 6.07) is 9.10.